The highest BCUT2D eigenvalue weighted by Gasteiger charge is 2.20. The van der Waals surface area contributed by atoms with Gasteiger partial charge >= 0.3 is 0 Å². The van der Waals surface area contributed by atoms with Crippen molar-refractivity contribution in [1.82, 2.24) is 0 Å². The SMILES string of the molecule is NCC(O)c1cc([N+](=O)[O-])cc(F)c1O. The number of hydrogen-bond acceptors (Lipinski definition) is 5. The standard InChI is InChI=1S/C8H9FN2O4/c9-6-2-4(11(14)15)1-5(8(6)13)7(12)3-10/h1-2,7,12-13H,3,10H2. The Bertz CT molecular complexity index is 396. The largest absolute Gasteiger partial charge is 0.505 e. The highest BCUT2D eigenvalue weighted by molar-refractivity contribution is 5.45. The van der Waals surface area contributed by atoms with E-state index in [2.05, 4.69) is 0 Å². The molecule has 0 saturated carbocycles. The van der Waals surface area contributed by atoms with Gasteiger partial charge in [-0.25, -0.2) is 4.39 Å². The van der Waals surface area contributed by atoms with E-state index in [0.29, 0.717) is 6.07 Å². The second-order valence-electron chi connectivity index (χ2n) is 2.87. The van der Waals surface area contributed by atoms with Gasteiger partial charge in [0.2, 0.25) is 0 Å². The van der Waals surface area contributed by atoms with Crippen LogP contribution in [-0.2, 0) is 0 Å². The molecule has 0 saturated heterocycles. The summed E-state index contributed by atoms with van der Waals surface area (Å²) in [7, 11) is 0. The highest BCUT2D eigenvalue weighted by Crippen LogP contribution is 2.30. The molecule has 15 heavy (non-hydrogen) atoms. The number of nitrogens with two attached hydrogens (primary N) is 1. The fraction of sp³-hybridized carbons (Fsp3) is 0.250. The summed E-state index contributed by atoms with van der Waals surface area (Å²) in [6.07, 6.45) is -1.33. The van der Waals surface area contributed by atoms with Crippen molar-refractivity contribution < 1.29 is 19.5 Å². The lowest BCUT2D eigenvalue weighted by Crippen LogP contribution is -2.12. The molecule has 0 aliphatic heterocycles. The van der Waals surface area contributed by atoms with Gasteiger partial charge in [0.1, 0.15) is 0 Å². The predicted octanol–water partition coefficient (Wildman–Crippen LogP) is 0.432. The third-order valence-electron chi connectivity index (χ3n) is 1.87. The van der Waals surface area contributed by atoms with Gasteiger partial charge in [-0.05, 0) is 0 Å². The minimum Gasteiger partial charge on any atom is -0.505 e. The van der Waals surface area contributed by atoms with Gasteiger partial charge in [-0.15, -0.1) is 0 Å². The number of hydrogen-bond donors (Lipinski definition) is 3. The Morgan fingerprint density at radius 2 is 2.20 bits per heavy atom. The zero-order chi connectivity index (χ0) is 11.6. The molecule has 1 atom stereocenters. The van der Waals surface area contributed by atoms with Crippen LogP contribution in [0, 0.1) is 15.9 Å². The van der Waals surface area contributed by atoms with E-state index in [1.54, 1.807) is 0 Å². The number of rotatable bonds is 3. The Hall–Kier alpha value is -1.73. The number of non-ortho nitro benzene ring substituents is 1. The van der Waals surface area contributed by atoms with E-state index < -0.39 is 28.3 Å². The van der Waals surface area contributed by atoms with Crippen molar-refractivity contribution in [3.8, 4) is 5.75 Å². The Kier molecular flexibility index (Phi) is 3.17. The zero-order valence-corrected chi connectivity index (χ0v) is 7.55. The normalized spacial score (nSPS) is 12.5. The van der Waals surface area contributed by atoms with Crippen molar-refractivity contribution in [3.05, 3.63) is 33.6 Å². The first-order valence-corrected chi connectivity index (χ1v) is 4.02. The minimum atomic E-state index is -1.33. The fourth-order valence-corrected chi connectivity index (χ4v) is 1.09. The summed E-state index contributed by atoms with van der Waals surface area (Å²) < 4.78 is 13.0. The van der Waals surface area contributed by atoms with Gasteiger partial charge in [0.25, 0.3) is 5.69 Å². The Balaban J connectivity index is 3.31. The number of phenolic OH excluding ortho intramolecular Hbond substituents is 1. The molecule has 0 aromatic heterocycles. The quantitative estimate of drug-likeness (QED) is 0.501. The van der Waals surface area contributed by atoms with Gasteiger partial charge in [0.15, 0.2) is 11.6 Å². The molecule has 7 heteroatoms. The number of nitro groups is 1. The number of benzene rings is 1. The summed E-state index contributed by atoms with van der Waals surface area (Å²) >= 11 is 0. The number of phenols is 1. The predicted molar refractivity (Wildman–Crippen MR) is 48.7 cm³/mol. The molecule has 6 nitrogen and oxygen atoms in total. The van der Waals surface area contributed by atoms with Gasteiger partial charge in [-0.1, -0.05) is 0 Å². The molecule has 1 rings (SSSR count). The molecule has 4 N–H and O–H groups in total. The monoisotopic (exact) mass is 216 g/mol. The maximum Gasteiger partial charge on any atom is 0.273 e. The van der Waals surface area contributed by atoms with Crippen LogP contribution in [0.25, 0.3) is 0 Å². The first kappa shape index (κ1) is 11.3. The van der Waals surface area contributed by atoms with Crippen LogP contribution in [0.5, 0.6) is 5.75 Å². The van der Waals surface area contributed by atoms with Crippen molar-refractivity contribution in [1.29, 1.82) is 0 Å². The Morgan fingerprint density at radius 3 is 2.67 bits per heavy atom. The van der Waals surface area contributed by atoms with E-state index in [4.69, 9.17) is 5.73 Å². The van der Waals surface area contributed by atoms with E-state index in [1.807, 2.05) is 0 Å². The summed E-state index contributed by atoms with van der Waals surface area (Å²) in [6, 6.07) is 1.46. The number of nitro benzene ring substituents is 1. The molecule has 1 unspecified atom stereocenters. The number of aliphatic hydroxyl groups excluding tert-OH is 1. The lowest BCUT2D eigenvalue weighted by molar-refractivity contribution is -0.385. The van der Waals surface area contributed by atoms with E-state index in [9.17, 15) is 24.7 Å². The van der Waals surface area contributed by atoms with E-state index in [-0.39, 0.29) is 12.1 Å². The van der Waals surface area contributed by atoms with Gasteiger partial charge in [-0.2, -0.15) is 0 Å². The van der Waals surface area contributed by atoms with Crippen molar-refractivity contribution in [2.24, 2.45) is 5.73 Å². The third kappa shape index (κ3) is 2.20. The maximum atomic E-state index is 13.0. The molecule has 0 aliphatic carbocycles. The van der Waals surface area contributed by atoms with Crippen molar-refractivity contribution in [3.63, 3.8) is 0 Å². The molecular weight excluding hydrogens is 207 g/mol. The van der Waals surface area contributed by atoms with Crippen LogP contribution < -0.4 is 5.73 Å². The second-order valence-corrected chi connectivity index (χ2v) is 2.87. The Morgan fingerprint density at radius 1 is 1.60 bits per heavy atom. The van der Waals surface area contributed by atoms with Crippen molar-refractivity contribution in [2.75, 3.05) is 6.54 Å². The summed E-state index contributed by atoms with van der Waals surface area (Å²) in [5.41, 5.74) is 4.26. The van der Waals surface area contributed by atoms with Gasteiger partial charge in [0, 0.05) is 18.2 Å². The summed E-state index contributed by atoms with van der Waals surface area (Å²) in [5, 5.41) is 28.8. The van der Waals surface area contributed by atoms with Crippen LogP contribution in [0.2, 0.25) is 0 Å². The number of aromatic hydroxyl groups is 1. The van der Waals surface area contributed by atoms with Crippen LogP contribution in [0.15, 0.2) is 12.1 Å². The first-order chi connectivity index (χ1) is 6.97. The lowest BCUT2D eigenvalue weighted by Gasteiger charge is -2.10. The van der Waals surface area contributed by atoms with E-state index in [1.165, 1.54) is 0 Å². The third-order valence-corrected chi connectivity index (χ3v) is 1.87. The molecule has 1 aromatic rings. The van der Waals surface area contributed by atoms with Gasteiger partial charge in [-0.3, -0.25) is 10.1 Å². The summed E-state index contributed by atoms with van der Waals surface area (Å²) in [5.74, 6) is -1.98. The van der Waals surface area contributed by atoms with Crippen LogP contribution in [-0.4, -0.2) is 21.7 Å². The number of aliphatic hydroxyl groups is 1. The molecule has 0 aliphatic rings. The zero-order valence-electron chi connectivity index (χ0n) is 7.55. The molecule has 0 spiro atoms. The first-order valence-electron chi connectivity index (χ1n) is 4.02. The second kappa shape index (κ2) is 4.20. The average Bonchev–Trinajstić information content (AvgIpc) is 2.20. The molecule has 0 radical (unpaired) electrons. The molecule has 0 fully saturated rings. The van der Waals surface area contributed by atoms with Gasteiger partial charge in [0.05, 0.1) is 17.1 Å². The summed E-state index contributed by atoms with van der Waals surface area (Å²) in [6.45, 7) is -0.270. The summed E-state index contributed by atoms with van der Waals surface area (Å²) in [4.78, 5) is 9.55. The van der Waals surface area contributed by atoms with E-state index >= 15 is 0 Å². The lowest BCUT2D eigenvalue weighted by atomic mass is 10.1. The van der Waals surface area contributed by atoms with Crippen LogP contribution in [0.4, 0.5) is 10.1 Å². The average molecular weight is 216 g/mol. The smallest absolute Gasteiger partial charge is 0.273 e. The highest BCUT2D eigenvalue weighted by atomic mass is 19.1. The van der Waals surface area contributed by atoms with Crippen LogP contribution in [0.1, 0.15) is 11.7 Å². The number of nitrogens with zero attached hydrogens (tertiary/aromatic N) is 1. The molecule has 0 bridgehead atoms. The molecule has 0 heterocycles. The van der Waals surface area contributed by atoms with Crippen LogP contribution >= 0.6 is 0 Å². The fourth-order valence-electron chi connectivity index (χ4n) is 1.09. The number of halogens is 1. The van der Waals surface area contributed by atoms with Gasteiger partial charge < -0.3 is 15.9 Å². The molecule has 1 aromatic carbocycles. The van der Waals surface area contributed by atoms with Crippen molar-refractivity contribution in [2.45, 2.75) is 6.10 Å². The minimum absolute atomic E-state index is 0.270. The molecule has 82 valence electrons. The Labute approximate surface area is 83.9 Å². The van der Waals surface area contributed by atoms with Crippen LogP contribution in [0.3, 0.4) is 0 Å². The van der Waals surface area contributed by atoms with E-state index in [0.717, 1.165) is 6.07 Å². The van der Waals surface area contributed by atoms with Crippen molar-refractivity contribution >= 4 is 5.69 Å². The molecular formula is C8H9FN2O4. The molecule has 0 amide bonds. The maximum absolute atomic E-state index is 13.0. The topological polar surface area (TPSA) is 110 Å².